The van der Waals surface area contributed by atoms with Gasteiger partial charge in [-0.05, 0) is 118 Å². The van der Waals surface area contributed by atoms with E-state index in [0.717, 1.165) is 55.0 Å². The molecule has 1 atom stereocenters. The maximum Gasteiger partial charge on any atom is 0.326 e. The number of anilines is 1. The molecule has 3 N–H and O–H groups in total. The monoisotopic (exact) mass is 572 g/mol. The van der Waals surface area contributed by atoms with Crippen molar-refractivity contribution in [2.24, 2.45) is 23.2 Å². The largest absolute Gasteiger partial charge is 0.480 e. The Morgan fingerprint density at radius 1 is 0.976 bits per heavy atom. The number of aromatic nitrogens is 2. The smallest absolute Gasteiger partial charge is 0.326 e. The van der Waals surface area contributed by atoms with Crippen molar-refractivity contribution in [1.29, 1.82) is 0 Å². The summed E-state index contributed by atoms with van der Waals surface area (Å²) in [6.45, 7) is 0.427. The van der Waals surface area contributed by atoms with Crippen LogP contribution in [0.3, 0.4) is 0 Å². The number of carbonyl (C=O) groups is 3. The molecular formula is C34H44N4O4. The van der Waals surface area contributed by atoms with E-state index in [9.17, 15) is 19.5 Å². The summed E-state index contributed by atoms with van der Waals surface area (Å²) in [7, 11) is 0. The van der Waals surface area contributed by atoms with E-state index in [0.29, 0.717) is 47.7 Å². The van der Waals surface area contributed by atoms with Crippen LogP contribution in [0.5, 0.6) is 0 Å². The van der Waals surface area contributed by atoms with Gasteiger partial charge >= 0.3 is 5.97 Å². The van der Waals surface area contributed by atoms with Gasteiger partial charge in [0, 0.05) is 29.4 Å². The predicted octanol–water partition coefficient (Wildman–Crippen LogP) is 6.55. The Bertz CT molecular complexity index is 1320. The lowest BCUT2D eigenvalue weighted by Crippen LogP contribution is -2.46. The Labute approximate surface area is 248 Å². The summed E-state index contributed by atoms with van der Waals surface area (Å²) >= 11 is 0. The number of nitrogens with zero attached hydrogens (tertiary/aromatic N) is 2. The van der Waals surface area contributed by atoms with Gasteiger partial charge in [0.05, 0.1) is 0 Å². The minimum atomic E-state index is -0.973. The highest BCUT2D eigenvalue weighted by Crippen LogP contribution is 2.61. The van der Waals surface area contributed by atoms with Crippen molar-refractivity contribution >= 4 is 23.5 Å². The maximum atomic E-state index is 13.8. The standard InChI is InChI=1S/C34H44N4O4/c39-31(35-26-9-4-8-25(17-26)32(40)38-13-5-10-28(38)33(41)42)29-27(36-30(37-29)24-6-2-1-3-7-24)11-12-34-18-21-14-22(19-34)16-23(15-21)20-34/h4,8-9,17,21-24,28H,1-3,5-7,10-16,18-20H2,(H,35,39)(H,36,37)(H,41,42)/t21?,22?,23?,28-,34?/m0/s1. The summed E-state index contributed by atoms with van der Waals surface area (Å²) in [4.78, 5) is 48.6. The Morgan fingerprint density at radius 3 is 2.38 bits per heavy atom. The Balaban J connectivity index is 1.10. The molecule has 1 aliphatic heterocycles. The number of likely N-dealkylation sites (tertiary alicyclic amines) is 1. The van der Waals surface area contributed by atoms with E-state index in [-0.39, 0.29) is 11.8 Å². The molecular weight excluding hydrogens is 528 g/mol. The molecule has 42 heavy (non-hydrogen) atoms. The predicted molar refractivity (Wildman–Crippen MR) is 159 cm³/mol. The van der Waals surface area contributed by atoms with Crippen molar-refractivity contribution in [3.8, 4) is 0 Å². The number of carboxylic acid groups (broad SMARTS) is 1. The molecule has 1 aromatic carbocycles. The zero-order valence-corrected chi connectivity index (χ0v) is 24.6. The van der Waals surface area contributed by atoms with Crippen LogP contribution in [0, 0.1) is 23.2 Å². The number of carboxylic acids is 1. The van der Waals surface area contributed by atoms with Gasteiger partial charge in [-0.15, -0.1) is 0 Å². The molecule has 0 radical (unpaired) electrons. The van der Waals surface area contributed by atoms with Crippen LogP contribution in [-0.2, 0) is 11.2 Å². The second-order valence-electron chi connectivity index (χ2n) is 14.2. The van der Waals surface area contributed by atoms with E-state index in [2.05, 4.69) is 10.3 Å². The van der Waals surface area contributed by atoms with Gasteiger partial charge in [-0.25, -0.2) is 9.78 Å². The van der Waals surface area contributed by atoms with Crippen LogP contribution in [0.1, 0.15) is 128 Å². The normalized spacial score (nSPS) is 30.5. The van der Waals surface area contributed by atoms with Gasteiger partial charge in [-0.3, -0.25) is 9.59 Å². The maximum absolute atomic E-state index is 13.8. The first-order valence-electron chi connectivity index (χ1n) is 16.4. The molecule has 2 amide bonds. The number of benzene rings is 1. The van der Waals surface area contributed by atoms with E-state index in [1.54, 1.807) is 24.3 Å². The second-order valence-corrected chi connectivity index (χ2v) is 14.2. The minimum absolute atomic E-state index is 0.247. The van der Waals surface area contributed by atoms with Crippen LogP contribution in [0.25, 0.3) is 0 Å². The van der Waals surface area contributed by atoms with Crippen molar-refractivity contribution in [3.63, 3.8) is 0 Å². The Kier molecular flexibility index (Phi) is 7.35. The summed E-state index contributed by atoms with van der Waals surface area (Å²) in [5.41, 5.74) is 2.77. The lowest BCUT2D eigenvalue weighted by atomic mass is 9.48. The number of aryl methyl sites for hydroxylation is 1. The summed E-state index contributed by atoms with van der Waals surface area (Å²) < 4.78 is 0. The van der Waals surface area contributed by atoms with E-state index < -0.39 is 12.0 Å². The third-order valence-corrected chi connectivity index (χ3v) is 11.2. The number of aromatic amines is 1. The fourth-order valence-electron chi connectivity index (χ4n) is 9.71. The van der Waals surface area contributed by atoms with E-state index in [1.807, 2.05) is 0 Å². The lowest BCUT2D eigenvalue weighted by Gasteiger charge is -2.57. The average molecular weight is 573 g/mol. The van der Waals surface area contributed by atoms with E-state index in [4.69, 9.17) is 4.98 Å². The molecule has 8 heteroatoms. The van der Waals surface area contributed by atoms with Gasteiger partial charge in [0.25, 0.3) is 11.8 Å². The topological polar surface area (TPSA) is 115 Å². The Hall–Kier alpha value is -3.16. The highest BCUT2D eigenvalue weighted by molar-refractivity contribution is 6.05. The van der Waals surface area contributed by atoms with Gasteiger partial charge in [0.2, 0.25) is 0 Å². The summed E-state index contributed by atoms with van der Waals surface area (Å²) in [6, 6.07) is 6.05. The van der Waals surface area contributed by atoms with E-state index >= 15 is 0 Å². The molecule has 0 unspecified atom stereocenters. The van der Waals surface area contributed by atoms with Crippen LogP contribution in [0.15, 0.2) is 24.3 Å². The van der Waals surface area contributed by atoms with Crippen molar-refractivity contribution in [2.75, 3.05) is 11.9 Å². The van der Waals surface area contributed by atoms with E-state index in [1.165, 1.54) is 62.7 Å². The van der Waals surface area contributed by atoms with Crippen molar-refractivity contribution < 1.29 is 19.5 Å². The van der Waals surface area contributed by atoms with Gasteiger partial charge in [0.1, 0.15) is 17.6 Å². The van der Waals surface area contributed by atoms with Gasteiger partial charge in [0.15, 0.2) is 0 Å². The fourth-order valence-corrected chi connectivity index (χ4v) is 9.71. The summed E-state index contributed by atoms with van der Waals surface area (Å²) in [5.74, 6) is 2.51. The zero-order valence-electron chi connectivity index (χ0n) is 24.6. The third-order valence-electron chi connectivity index (χ3n) is 11.2. The quantitative estimate of drug-likeness (QED) is 0.332. The van der Waals surface area contributed by atoms with Crippen LogP contribution < -0.4 is 5.32 Å². The first-order valence-corrected chi connectivity index (χ1v) is 16.4. The van der Waals surface area contributed by atoms with Gasteiger partial charge in [-0.2, -0.15) is 0 Å². The molecule has 8 nitrogen and oxygen atoms in total. The lowest BCUT2D eigenvalue weighted by molar-refractivity contribution is -0.141. The molecule has 4 bridgehead atoms. The van der Waals surface area contributed by atoms with Crippen LogP contribution in [0.4, 0.5) is 5.69 Å². The minimum Gasteiger partial charge on any atom is -0.480 e. The number of imidazole rings is 1. The molecule has 1 aromatic heterocycles. The molecule has 2 heterocycles. The second kappa shape index (κ2) is 11.2. The molecule has 8 rings (SSSR count). The summed E-state index contributed by atoms with van der Waals surface area (Å²) in [6.07, 6.45) is 17.3. The number of nitrogens with one attached hydrogen (secondary N) is 2. The summed E-state index contributed by atoms with van der Waals surface area (Å²) in [5, 5.41) is 12.6. The number of hydrogen-bond donors (Lipinski definition) is 3. The molecule has 224 valence electrons. The molecule has 1 saturated heterocycles. The number of rotatable bonds is 8. The molecule has 6 aliphatic rings. The highest BCUT2D eigenvalue weighted by atomic mass is 16.4. The number of hydrogen-bond acceptors (Lipinski definition) is 4. The zero-order chi connectivity index (χ0) is 28.8. The fraction of sp³-hybridized carbons (Fsp3) is 0.647. The average Bonchev–Trinajstić information content (AvgIpc) is 3.64. The SMILES string of the molecule is O=C(Nc1cccc(C(=O)N2CCC[C@H]2C(=O)O)c1)c1nc(C2CCCCC2)[nH]c1CCC12CC3CC(CC(C3)C1)C2. The third kappa shape index (κ3) is 5.37. The Morgan fingerprint density at radius 2 is 1.69 bits per heavy atom. The highest BCUT2D eigenvalue weighted by Gasteiger charge is 2.50. The van der Waals surface area contributed by atoms with Gasteiger partial charge in [-0.1, -0.05) is 25.3 Å². The molecule has 6 fully saturated rings. The molecule has 5 aliphatic carbocycles. The van der Waals surface area contributed by atoms with Crippen molar-refractivity contribution in [2.45, 2.75) is 108 Å². The van der Waals surface area contributed by atoms with Crippen LogP contribution >= 0.6 is 0 Å². The molecule has 5 saturated carbocycles. The van der Waals surface area contributed by atoms with Crippen LogP contribution in [0.2, 0.25) is 0 Å². The number of amides is 2. The first kappa shape index (κ1) is 27.7. The molecule has 0 spiro atoms. The van der Waals surface area contributed by atoms with Crippen LogP contribution in [-0.4, -0.2) is 50.3 Å². The van der Waals surface area contributed by atoms with Crippen molar-refractivity contribution in [1.82, 2.24) is 14.9 Å². The number of carbonyl (C=O) groups excluding carboxylic acids is 2. The molecule has 2 aromatic rings. The van der Waals surface area contributed by atoms with Gasteiger partial charge < -0.3 is 20.3 Å². The number of H-pyrrole nitrogens is 1. The van der Waals surface area contributed by atoms with Crippen molar-refractivity contribution in [3.05, 3.63) is 47.0 Å². The number of aliphatic carboxylic acids is 1. The first-order chi connectivity index (χ1) is 20.4.